The van der Waals surface area contributed by atoms with Crippen molar-refractivity contribution in [3.63, 3.8) is 0 Å². The summed E-state index contributed by atoms with van der Waals surface area (Å²) in [6.07, 6.45) is 1.72. The van der Waals surface area contributed by atoms with E-state index in [1.54, 1.807) is 18.3 Å². The maximum Gasteiger partial charge on any atom is 0.299 e. The van der Waals surface area contributed by atoms with Gasteiger partial charge in [-0.3, -0.25) is 0 Å². The second-order valence-electron chi connectivity index (χ2n) is 5.37. The summed E-state index contributed by atoms with van der Waals surface area (Å²) in [5, 5.41) is 14.2. The molecule has 0 amide bonds. The van der Waals surface area contributed by atoms with E-state index in [1.165, 1.54) is 0 Å². The van der Waals surface area contributed by atoms with Gasteiger partial charge >= 0.3 is 0 Å². The number of oxazole rings is 1. The van der Waals surface area contributed by atoms with Crippen LogP contribution >= 0.6 is 0 Å². The Kier molecular flexibility index (Phi) is 3.45. The zero-order valence-electron chi connectivity index (χ0n) is 12.7. The van der Waals surface area contributed by atoms with Crippen molar-refractivity contribution < 1.29 is 4.42 Å². The van der Waals surface area contributed by atoms with Crippen LogP contribution in [-0.2, 0) is 0 Å². The summed E-state index contributed by atoms with van der Waals surface area (Å²) in [6, 6.07) is 23.9. The summed E-state index contributed by atoms with van der Waals surface area (Å²) in [7, 11) is 0. The molecule has 4 heteroatoms. The zero-order chi connectivity index (χ0) is 16.4. The molecule has 4 nitrogen and oxygen atoms in total. The molecule has 24 heavy (non-hydrogen) atoms. The molecule has 0 saturated carbocycles. The highest BCUT2D eigenvalue weighted by Crippen LogP contribution is 2.30. The lowest BCUT2D eigenvalue weighted by atomic mass is 10.0. The van der Waals surface area contributed by atoms with Crippen LogP contribution in [0.2, 0.25) is 0 Å². The molecule has 1 N–H and O–H groups in total. The van der Waals surface area contributed by atoms with E-state index in [0.29, 0.717) is 17.3 Å². The van der Waals surface area contributed by atoms with Gasteiger partial charge in [0.2, 0.25) is 0 Å². The highest BCUT2D eigenvalue weighted by atomic mass is 16.4. The monoisotopic (exact) mass is 311 g/mol. The number of rotatable bonds is 3. The van der Waals surface area contributed by atoms with Crippen molar-refractivity contribution >= 4 is 22.5 Å². The molecule has 0 aliphatic rings. The fourth-order valence-corrected chi connectivity index (χ4v) is 2.65. The van der Waals surface area contributed by atoms with Crippen LogP contribution in [0.4, 0.5) is 11.7 Å². The van der Waals surface area contributed by atoms with Gasteiger partial charge in [0.1, 0.15) is 0 Å². The first kappa shape index (κ1) is 14.0. The summed E-state index contributed by atoms with van der Waals surface area (Å²) < 4.78 is 5.85. The number of fused-ring (bicyclic) bond motifs is 1. The molecule has 0 bridgehead atoms. The molecule has 0 atom stereocenters. The molecule has 4 aromatic rings. The highest BCUT2D eigenvalue weighted by Gasteiger charge is 2.09. The molecule has 0 fully saturated rings. The smallest absolute Gasteiger partial charge is 0.299 e. The third-order valence-electron chi connectivity index (χ3n) is 3.83. The third-order valence-corrected chi connectivity index (χ3v) is 3.83. The van der Waals surface area contributed by atoms with Gasteiger partial charge in [0.15, 0.2) is 5.76 Å². The lowest BCUT2D eigenvalue weighted by Gasteiger charge is -2.03. The third kappa shape index (κ3) is 2.59. The minimum absolute atomic E-state index is 0.419. The maximum atomic E-state index is 8.83. The van der Waals surface area contributed by atoms with E-state index >= 15 is 0 Å². The first-order valence-corrected chi connectivity index (χ1v) is 7.55. The number of hydrogen-bond acceptors (Lipinski definition) is 4. The van der Waals surface area contributed by atoms with E-state index in [1.807, 2.05) is 36.4 Å². The highest BCUT2D eigenvalue weighted by molar-refractivity contribution is 5.95. The Morgan fingerprint density at radius 1 is 0.917 bits per heavy atom. The Labute approximate surface area is 139 Å². The Balaban J connectivity index is 1.65. The van der Waals surface area contributed by atoms with Crippen LogP contribution in [0, 0.1) is 11.3 Å². The number of nitrogens with one attached hydrogen (secondary N) is 1. The van der Waals surface area contributed by atoms with E-state index in [4.69, 9.17) is 9.68 Å². The molecule has 0 aliphatic heterocycles. The van der Waals surface area contributed by atoms with Crippen molar-refractivity contribution in [3.8, 4) is 17.4 Å². The predicted octanol–water partition coefficient (Wildman–Crippen LogP) is 5.11. The van der Waals surface area contributed by atoms with Crippen molar-refractivity contribution in [1.29, 1.82) is 5.26 Å². The summed E-state index contributed by atoms with van der Waals surface area (Å²) in [6.45, 7) is 0. The van der Waals surface area contributed by atoms with Gasteiger partial charge in [-0.2, -0.15) is 5.26 Å². The lowest BCUT2D eigenvalue weighted by Crippen LogP contribution is -1.89. The fourth-order valence-electron chi connectivity index (χ4n) is 2.65. The number of anilines is 2. The Morgan fingerprint density at radius 2 is 1.71 bits per heavy atom. The van der Waals surface area contributed by atoms with Gasteiger partial charge in [-0.25, -0.2) is 4.98 Å². The van der Waals surface area contributed by atoms with Gasteiger partial charge in [0.25, 0.3) is 6.01 Å². The second kappa shape index (κ2) is 5.90. The van der Waals surface area contributed by atoms with Crippen molar-refractivity contribution in [2.75, 3.05) is 5.32 Å². The quantitative estimate of drug-likeness (QED) is 0.571. The molecule has 0 saturated heterocycles. The molecule has 4 rings (SSSR count). The minimum Gasteiger partial charge on any atom is -0.423 e. The van der Waals surface area contributed by atoms with Gasteiger partial charge in [-0.05, 0) is 35.0 Å². The second-order valence-corrected chi connectivity index (χ2v) is 5.37. The normalized spacial score (nSPS) is 10.5. The first-order valence-electron chi connectivity index (χ1n) is 7.55. The van der Waals surface area contributed by atoms with Crippen LogP contribution < -0.4 is 5.32 Å². The van der Waals surface area contributed by atoms with E-state index in [9.17, 15) is 0 Å². The molecular formula is C20H13N3O. The maximum absolute atomic E-state index is 8.83. The van der Waals surface area contributed by atoms with Gasteiger partial charge in [0, 0.05) is 11.3 Å². The average Bonchev–Trinajstić information content (AvgIpc) is 3.10. The van der Waals surface area contributed by atoms with Crippen molar-refractivity contribution in [3.05, 3.63) is 78.5 Å². The summed E-state index contributed by atoms with van der Waals surface area (Å²) in [5.74, 6) is 0.711. The van der Waals surface area contributed by atoms with Crippen LogP contribution in [0.3, 0.4) is 0 Å². The number of aromatic nitrogens is 1. The van der Waals surface area contributed by atoms with Crippen LogP contribution in [0.1, 0.15) is 5.56 Å². The summed E-state index contributed by atoms with van der Waals surface area (Å²) >= 11 is 0. The Morgan fingerprint density at radius 3 is 2.54 bits per heavy atom. The van der Waals surface area contributed by atoms with Gasteiger partial charge < -0.3 is 9.73 Å². The number of nitriles is 1. The van der Waals surface area contributed by atoms with Crippen LogP contribution in [0.25, 0.3) is 22.1 Å². The van der Waals surface area contributed by atoms with Crippen molar-refractivity contribution in [2.45, 2.75) is 0 Å². The predicted molar refractivity (Wildman–Crippen MR) is 93.9 cm³/mol. The Hall–Kier alpha value is -3.58. The SMILES string of the molecule is N#Cc1ccc(Nc2ncc(-c3cccc4ccccc34)o2)cc1. The summed E-state index contributed by atoms with van der Waals surface area (Å²) in [4.78, 5) is 4.29. The van der Waals surface area contributed by atoms with Crippen LogP contribution in [-0.4, -0.2) is 4.98 Å². The number of nitrogens with zero attached hydrogens (tertiary/aromatic N) is 2. The summed E-state index contributed by atoms with van der Waals surface area (Å²) in [5.41, 5.74) is 2.44. The fraction of sp³-hybridized carbons (Fsp3) is 0. The van der Waals surface area contributed by atoms with Crippen molar-refractivity contribution in [1.82, 2.24) is 4.98 Å². The van der Waals surface area contributed by atoms with Gasteiger partial charge in [-0.15, -0.1) is 0 Å². The van der Waals surface area contributed by atoms with E-state index in [2.05, 4.69) is 34.6 Å². The molecule has 0 radical (unpaired) electrons. The molecule has 114 valence electrons. The molecule has 1 aromatic heterocycles. The largest absolute Gasteiger partial charge is 0.423 e. The molecule has 0 spiro atoms. The van der Waals surface area contributed by atoms with E-state index in [0.717, 1.165) is 22.0 Å². The average molecular weight is 311 g/mol. The van der Waals surface area contributed by atoms with E-state index < -0.39 is 0 Å². The van der Waals surface area contributed by atoms with E-state index in [-0.39, 0.29) is 0 Å². The van der Waals surface area contributed by atoms with Crippen LogP contribution in [0.5, 0.6) is 0 Å². The van der Waals surface area contributed by atoms with Gasteiger partial charge in [0.05, 0.1) is 17.8 Å². The zero-order valence-corrected chi connectivity index (χ0v) is 12.7. The minimum atomic E-state index is 0.419. The van der Waals surface area contributed by atoms with Crippen LogP contribution in [0.15, 0.2) is 77.3 Å². The standard InChI is InChI=1S/C20H13N3O/c21-12-14-8-10-16(11-9-14)23-20-22-13-19(24-20)18-7-3-5-15-4-1-2-6-17(15)18/h1-11,13H,(H,22,23). The van der Waals surface area contributed by atoms with Gasteiger partial charge in [-0.1, -0.05) is 42.5 Å². The molecule has 0 unspecified atom stereocenters. The number of benzene rings is 3. The lowest BCUT2D eigenvalue weighted by molar-refractivity contribution is 0.592. The number of hydrogen-bond donors (Lipinski definition) is 1. The topological polar surface area (TPSA) is 61.9 Å². The molecule has 0 aliphatic carbocycles. The van der Waals surface area contributed by atoms with Crippen molar-refractivity contribution in [2.24, 2.45) is 0 Å². The molecule has 3 aromatic carbocycles. The molecule has 1 heterocycles. The Bertz CT molecular complexity index is 1040. The first-order chi connectivity index (χ1) is 11.8. The molecular weight excluding hydrogens is 298 g/mol.